The van der Waals surface area contributed by atoms with Gasteiger partial charge in [0.1, 0.15) is 0 Å². The third-order valence-electron chi connectivity index (χ3n) is 2.84. The number of aromatic nitrogens is 1. The number of hydrogen-bond donors (Lipinski definition) is 3. The van der Waals surface area contributed by atoms with E-state index in [-0.39, 0.29) is 35.6 Å². The summed E-state index contributed by atoms with van der Waals surface area (Å²) in [6.45, 7) is 1.48. The number of nitrogens with one attached hydrogen (secondary N) is 2. The van der Waals surface area contributed by atoms with Gasteiger partial charge in [-0.2, -0.15) is 0 Å². The molecule has 0 aliphatic heterocycles. The Hall–Kier alpha value is -2.10. The first kappa shape index (κ1) is 18.9. The summed E-state index contributed by atoms with van der Waals surface area (Å²) in [5, 5.41) is 5.64. The van der Waals surface area contributed by atoms with E-state index in [1.165, 1.54) is 6.26 Å². The Labute approximate surface area is 151 Å². The van der Waals surface area contributed by atoms with Gasteiger partial charge in [0.15, 0.2) is 11.7 Å². The smallest absolute Gasteiger partial charge is 0.287 e. The zero-order valence-corrected chi connectivity index (χ0v) is 14.9. The molecule has 0 saturated carbocycles. The second-order valence-corrected chi connectivity index (χ2v) is 4.50. The predicted octanol–water partition coefficient (Wildman–Crippen LogP) is 1.17. The molecule has 0 radical (unpaired) electrons. The lowest BCUT2D eigenvalue weighted by Crippen LogP contribution is -2.38. The summed E-state index contributed by atoms with van der Waals surface area (Å²) in [7, 11) is 0. The number of nitrogens with zero attached hydrogens (tertiary/aromatic N) is 2. The van der Waals surface area contributed by atoms with Crippen molar-refractivity contribution in [3.63, 3.8) is 0 Å². The lowest BCUT2D eigenvalue weighted by molar-refractivity contribution is 0.0926. The van der Waals surface area contributed by atoms with Crippen LogP contribution < -0.4 is 16.4 Å². The number of carbonyl (C=O) groups is 1. The van der Waals surface area contributed by atoms with Gasteiger partial charge in [-0.05, 0) is 24.3 Å². The maximum atomic E-state index is 11.6. The topological polar surface area (TPSA) is 106 Å². The summed E-state index contributed by atoms with van der Waals surface area (Å²) < 4.78 is 4.98. The van der Waals surface area contributed by atoms with E-state index in [0.29, 0.717) is 25.6 Å². The van der Waals surface area contributed by atoms with Gasteiger partial charge in [0.2, 0.25) is 0 Å². The van der Waals surface area contributed by atoms with Crippen LogP contribution >= 0.6 is 24.0 Å². The Morgan fingerprint density at radius 1 is 1.22 bits per heavy atom. The van der Waals surface area contributed by atoms with Crippen LogP contribution in [0.3, 0.4) is 0 Å². The molecule has 2 rings (SSSR count). The first-order chi connectivity index (χ1) is 10.8. The average molecular weight is 429 g/mol. The van der Waals surface area contributed by atoms with Crippen molar-refractivity contribution in [2.24, 2.45) is 10.7 Å². The summed E-state index contributed by atoms with van der Waals surface area (Å²) in [6, 6.07) is 9.04. The number of carbonyl (C=O) groups excluding carboxylic acids is 1. The van der Waals surface area contributed by atoms with Gasteiger partial charge in [0.05, 0.1) is 6.26 Å². The molecular formula is C15H20IN5O2. The van der Waals surface area contributed by atoms with E-state index in [1.807, 2.05) is 18.2 Å². The van der Waals surface area contributed by atoms with Crippen molar-refractivity contribution >= 4 is 35.8 Å². The van der Waals surface area contributed by atoms with Crippen molar-refractivity contribution < 1.29 is 9.21 Å². The van der Waals surface area contributed by atoms with Crippen molar-refractivity contribution in [3.8, 4) is 0 Å². The van der Waals surface area contributed by atoms with E-state index in [9.17, 15) is 4.79 Å². The minimum absolute atomic E-state index is 0. The van der Waals surface area contributed by atoms with Crippen molar-refractivity contribution in [2.75, 3.05) is 19.6 Å². The molecule has 0 fully saturated rings. The molecule has 0 bridgehead atoms. The van der Waals surface area contributed by atoms with E-state index >= 15 is 0 Å². The molecular weight excluding hydrogens is 409 g/mol. The van der Waals surface area contributed by atoms with Gasteiger partial charge in [-0.15, -0.1) is 24.0 Å². The monoisotopic (exact) mass is 429 g/mol. The molecule has 2 aromatic heterocycles. The van der Waals surface area contributed by atoms with Gasteiger partial charge in [-0.3, -0.25) is 14.8 Å². The van der Waals surface area contributed by atoms with Crippen molar-refractivity contribution in [2.45, 2.75) is 6.42 Å². The zero-order chi connectivity index (χ0) is 15.6. The van der Waals surface area contributed by atoms with Gasteiger partial charge < -0.3 is 20.8 Å². The number of furan rings is 1. The number of pyridine rings is 1. The number of guanidine groups is 1. The van der Waals surface area contributed by atoms with Crippen LogP contribution in [-0.4, -0.2) is 36.5 Å². The van der Waals surface area contributed by atoms with Gasteiger partial charge in [0.25, 0.3) is 5.91 Å². The van der Waals surface area contributed by atoms with Gasteiger partial charge in [-0.25, -0.2) is 0 Å². The number of rotatable bonds is 7. The van der Waals surface area contributed by atoms with Gasteiger partial charge in [0, 0.05) is 37.9 Å². The highest BCUT2D eigenvalue weighted by Gasteiger charge is 2.06. The molecule has 0 aromatic carbocycles. The summed E-state index contributed by atoms with van der Waals surface area (Å²) in [6.07, 6.45) is 3.94. The van der Waals surface area contributed by atoms with Crippen LogP contribution in [0.4, 0.5) is 0 Å². The Kier molecular flexibility index (Phi) is 8.73. The normalized spacial score (nSPS) is 10.7. The number of amides is 1. The van der Waals surface area contributed by atoms with Crippen LogP contribution in [0.25, 0.3) is 0 Å². The highest BCUT2D eigenvalue weighted by molar-refractivity contribution is 14.0. The largest absolute Gasteiger partial charge is 0.459 e. The third-order valence-corrected chi connectivity index (χ3v) is 2.84. The second-order valence-electron chi connectivity index (χ2n) is 4.50. The zero-order valence-electron chi connectivity index (χ0n) is 12.6. The molecule has 2 heterocycles. The lowest BCUT2D eigenvalue weighted by Gasteiger charge is -2.06. The van der Waals surface area contributed by atoms with Crippen molar-refractivity contribution in [1.29, 1.82) is 0 Å². The minimum atomic E-state index is -0.252. The summed E-state index contributed by atoms with van der Waals surface area (Å²) in [5.74, 6) is 0.387. The van der Waals surface area contributed by atoms with Crippen molar-refractivity contribution in [3.05, 3.63) is 54.2 Å². The molecule has 0 saturated heterocycles. The van der Waals surface area contributed by atoms with Crippen LogP contribution in [0.15, 0.2) is 52.2 Å². The van der Waals surface area contributed by atoms with E-state index in [1.54, 1.807) is 18.3 Å². The van der Waals surface area contributed by atoms with Gasteiger partial charge in [-0.1, -0.05) is 6.07 Å². The first-order valence-corrected chi connectivity index (χ1v) is 7.01. The molecule has 1 amide bonds. The minimum Gasteiger partial charge on any atom is -0.459 e. The molecule has 0 unspecified atom stereocenters. The highest BCUT2D eigenvalue weighted by atomic mass is 127. The molecule has 8 heteroatoms. The Balaban J connectivity index is 0.00000264. The first-order valence-electron chi connectivity index (χ1n) is 7.01. The molecule has 23 heavy (non-hydrogen) atoms. The average Bonchev–Trinajstić information content (AvgIpc) is 3.07. The molecule has 0 atom stereocenters. The van der Waals surface area contributed by atoms with Crippen LogP contribution in [0.1, 0.15) is 16.2 Å². The third kappa shape index (κ3) is 7.13. The standard InChI is InChI=1S/C15H19N5O2.HI/c16-15(19-8-6-12-4-1-2-7-17-12)20-10-9-18-14(21)13-5-3-11-22-13;/h1-5,7,11H,6,8-10H2,(H,18,21)(H3,16,19,20);1H. The fourth-order valence-electron chi connectivity index (χ4n) is 1.75. The Morgan fingerprint density at radius 2 is 2.04 bits per heavy atom. The molecule has 7 nitrogen and oxygen atoms in total. The van der Waals surface area contributed by atoms with Crippen LogP contribution in [0.2, 0.25) is 0 Å². The van der Waals surface area contributed by atoms with E-state index in [4.69, 9.17) is 10.2 Å². The highest BCUT2D eigenvalue weighted by Crippen LogP contribution is 1.98. The fraction of sp³-hybridized carbons (Fsp3) is 0.267. The summed E-state index contributed by atoms with van der Waals surface area (Å²) in [4.78, 5) is 20.0. The Morgan fingerprint density at radius 3 is 2.74 bits per heavy atom. The number of aliphatic imine (C=N–C) groups is 1. The SMILES string of the molecule is I.NC(=NCCc1ccccn1)NCCNC(=O)c1ccco1. The maximum absolute atomic E-state index is 11.6. The van der Waals surface area contributed by atoms with Crippen LogP contribution in [-0.2, 0) is 6.42 Å². The molecule has 0 aliphatic rings. The van der Waals surface area contributed by atoms with Crippen LogP contribution in [0.5, 0.6) is 0 Å². The summed E-state index contributed by atoms with van der Waals surface area (Å²) in [5.41, 5.74) is 6.71. The number of halogens is 1. The molecule has 2 aromatic rings. The maximum Gasteiger partial charge on any atom is 0.287 e. The molecule has 4 N–H and O–H groups in total. The number of hydrogen-bond acceptors (Lipinski definition) is 4. The Bertz CT molecular complexity index is 602. The predicted molar refractivity (Wildman–Crippen MR) is 98.9 cm³/mol. The quantitative estimate of drug-likeness (QED) is 0.265. The lowest BCUT2D eigenvalue weighted by atomic mass is 10.3. The molecule has 0 spiro atoms. The number of nitrogens with two attached hydrogens (primary N) is 1. The van der Waals surface area contributed by atoms with Gasteiger partial charge >= 0.3 is 0 Å². The fourth-order valence-corrected chi connectivity index (χ4v) is 1.75. The summed E-state index contributed by atoms with van der Waals surface area (Å²) >= 11 is 0. The van der Waals surface area contributed by atoms with Crippen molar-refractivity contribution in [1.82, 2.24) is 15.6 Å². The van der Waals surface area contributed by atoms with Crippen LogP contribution in [0, 0.1) is 0 Å². The molecule has 124 valence electrons. The van der Waals surface area contributed by atoms with E-state index in [2.05, 4.69) is 20.6 Å². The molecule has 0 aliphatic carbocycles. The van der Waals surface area contributed by atoms with E-state index < -0.39 is 0 Å². The van der Waals surface area contributed by atoms with E-state index in [0.717, 1.165) is 12.1 Å². The second kappa shape index (κ2) is 10.6.